The number of hydrogen-bond acceptors (Lipinski definition) is 1. The highest BCUT2D eigenvalue weighted by molar-refractivity contribution is 5.50. The molecule has 0 spiro atoms. The maximum atomic E-state index is 3.65. The lowest BCUT2D eigenvalue weighted by Gasteiger charge is -2.32. The Morgan fingerprint density at radius 1 is 1.07 bits per heavy atom. The number of allylic oxidation sites excluding steroid dienone is 2. The second kappa shape index (κ2) is 4.13. The summed E-state index contributed by atoms with van der Waals surface area (Å²) in [6.07, 6.45) is 1.16. The average Bonchev–Trinajstić information content (AvgIpc) is 2.23. The molecule has 1 rings (SSSR count). The molecule has 0 heterocycles. The summed E-state index contributed by atoms with van der Waals surface area (Å²) in [4.78, 5) is 0. The van der Waals surface area contributed by atoms with Crippen LogP contribution in [0.3, 0.4) is 0 Å². The van der Waals surface area contributed by atoms with Gasteiger partial charge < -0.3 is 5.32 Å². The average molecular weight is 207 g/mol. The van der Waals surface area contributed by atoms with Crippen LogP contribution in [0.1, 0.15) is 54.9 Å². The third-order valence-electron chi connectivity index (χ3n) is 3.25. The molecular formula is C14H25N. The second-order valence-electron chi connectivity index (χ2n) is 5.66. The minimum Gasteiger partial charge on any atom is -0.306 e. The highest BCUT2D eigenvalue weighted by Crippen LogP contribution is 2.37. The van der Waals surface area contributed by atoms with Gasteiger partial charge in [-0.05, 0) is 52.2 Å². The second-order valence-corrected chi connectivity index (χ2v) is 5.66. The number of rotatable bonds is 3. The van der Waals surface area contributed by atoms with Crippen LogP contribution in [0, 0.1) is 0 Å². The third-order valence-corrected chi connectivity index (χ3v) is 3.25. The molecule has 0 aromatic rings. The van der Waals surface area contributed by atoms with Gasteiger partial charge in [0, 0.05) is 11.6 Å². The van der Waals surface area contributed by atoms with Crippen molar-refractivity contribution in [2.45, 2.75) is 66.5 Å². The van der Waals surface area contributed by atoms with E-state index in [4.69, 9.17) is 0 Å². The lowest BCUT2D eigenvalue weighted by atomic mass is 9.87. The Hall–Kier alpha value is -0.560. The molecule has 1 nitrogen and oxygen atoms in total. The SMILES string of the molecule is CC1=C(C)C(C(C)(C)NC(C)C)=C(C)C1. The van der Waals surface area contributed by atoms with Crippen LogP contribution < -0.4 is 5.32 Å². The smallest absolute Gasteiger partial charge is 0.0381 e. The van der Waals surface area contributed by atoms with Crippen molar-refractivity contribution < 1.29 is 0 Å². The van der Waals surface area contributed by atoms with Gasteiger partial charge in [-0.3, -0.25) is 0 Å². The van der Waals surface area contributed by atoms with Crippen LogP contribution in [0.5, 0.6) is 0 Å². The monoisotopic (exact) mass is 207 g/mol. The molecule has 0 radical (unpaired) electrons. The Bertz CT molecular complexity index is 316. The fourth-order valence-electron chi connectivity index (χ4n) is 2.95. The van der Waals surface area contributed by atoms with Crippen LogP contribution in [0.15, 0.2) is 22.3 Å². The van der Waals surface area contributed by atoms with Crippen LogP contribution in [0.25, 0.3) is 0 Å². The molecule has 0 saturated carbocycles. The zero-order valence-electron chi connectivity index (χ0n) is 11.3. The van der Waals surface area contributed by atoms with E-state index in [1.54, 1.807) is 0 Å². The Morgan fingerprint density at radius 2 is 1.60 bits per heavy atom. The van der Waals surface area contributed by atoms with Crippen molar-refractivity contribution >= 4 is 0 Å². The summed E-state index contributed by atoms with van der Waals surface area (Å²) in [6.45, 7) is 15.8. The quantitative estimate of drug-likeness (QED) is 0.742. The summed E-state index contributed by atoms with van der Waals surface area (Å²) in [6, 6.07) is 0.522. The largest absolute Gasteiger partial charge is 0.306 e. The van der Waals surface area contributed by atoms with Gasteiger partial charge in [-0.1, -0.05) is 25.0 Å². The van der Waals surface area contributed by atoms with Crippen LogP contribution in [-0.4, -0.2) is 11.6 Å². The molecule has 0 bridgehead atoms. The first-order chi connectivity index (χ1) is 6.75. The highest BCUT2D eigenvalue weighted by Gasteiger charge is 2.30. The van der Waals surface area contributed by atoms with Gasteiger partial charge in [0.25, 0.3) is 0 Å². The van der Waals surface area contributed by atoms with Crippen LogP contribution in [0.4, 0.5) is 0 Å². The number of nitrogens with one attached hydrogen (secondary N) is 1. The zero-order valence-corrected chi connectivity index (χ0v) is 11.3. The topological polar surface area (TPSA) is 12.0 Å². The predicted molar refractivity (Wildman–Crippen MR) is 68.0 cm³/mol. The normalized spacial score (nSPS) is 18.4. The molecule has 1 aliphatic carbocycles. The van der Waals surface area contributed by atoms with Gasteiger partial charge in [-0.15, -0.1) is 0 Å². The van der Waals surface area contributed by atoms with Crippen LogP contribution in [0.2, 0.25) is 0 Å². The molecule has 1 N–H and O–H groups in total. The first-order valence-electron chi connectivity index (χ1n) is 5.90. The first-order valence-corrected chi connectivity index (χ1v) is 5.90. The summed E-state index contributed by atoms with van der Waals surface area (Å²) >= 11 is 0. The summed E-state index contributed by atoms with van der Waals surface area (Å²) in [5, 5.41) is 3.65. The molecule has 0 unspecified atom stereocenters. The maximum Gasteiger partial charge on any atom is 0.0381 e. The highest BCUT2D eigenvalue weighted by atomic mass is 15.0. The van der Waals surface area contributed by atoms with Crippen molar-refractivity contribution in [1.29, 1.82) is 0 Å². The molecule has 86 valence electrons. The van der Waals surface area contributed by atoms with Gasteiger partial charge in [0.1, 0.15) is 0 Å². The van der Waals surface area contributed by atoms with Gasteiger partial charge in [-0.25, -0.2) is 0 Å². The Morgan fingerprint density at radius 3 is 1.93 bits per heavy atom. The van der Waals surface area contributed by atoms with Crippen molar-refractivity contribution in [1.82, 2.24) is 5.32 Å². The Kier molecular flexibility index (Phi) is 3.44. The Balaban J connectivity index is 3.01. The van der Waals surface area contributed by atoms with Crippen molar-refractivity contribution in [3.8, 4) is 0 Å². The molecule has 0 saturated heterocycles. The fraction of sp³-hybridized carbons (Fsp3) is 0.714. The van der Waals surface area contributed by atoms with Gasteiger partial charge in [0.15, 0.2) is 0 Å². The van der Waals surface area contributed by atoms with Crippen molar-refractivity contribution in [3.05, 3.63) is 22.3 Å². The van der Waals surface area contributed by atoms with E-state index in [-0.39, 0.29) is 5.54 Å². The molecule has 0 amide bonds. The van der Waals surface area contributed by atoms with E-state index in [2.05, 4.69) is 53.8 Å². The first kappa shape index (κ1) is 12.5. The molecule has 15 heavy (non-hydrogen) atoms. The zero-order chi connectivity index (χ0) is 11.8. The van der Waals surface area contributed by atoms with Gasteiger partial charge in [0.05, 0.1) is 0 Å². The van der Waals surface area contributed by atoms with Crippen molar-refractivity contribution in [2.24, 2.45) is 0 Å². The van der Waals surface area contributed by atoms with Crippen molar-refractivity contribution in [2.75, 3.05) is 0 Å². The number of hydrogen-bond donors (Lipinski definition) is 1. The molecule has 0 aromatic carbocycles. The van der Waals surface area contributed by atoms with E-state index in [0.717, 1.165) is 6.42 Å². The molecule has 1 heteroatoms. The van der Waals surface area contributed by atoms with Gasteiger partial charge in [0.2, 0.25) is 0 Å². The molecular weight excluding hydrogens is 182 g/mol. The van der Waals surface area contributed by atoms with E-state index in [9.17, 15) is 0 Å². The summed E-state index contributed by atoms with van der Waals surface area (Å²) < 4.78 is 0. The maximum absolute atomic E-state index is 3.65. The van der Waals surface area contributed by atoms with E-state index in [0.29, 0.717) is 6.04 Å². The van der Waals surface area contributed by atoms with E-state index < -0.39 is 0 Å². The molecule has 0 aliphatic heterocycles. The van der Waals surface area contributed by atoms with Gasteiger partial charge in [-0.2, -0.15) is 0 Å². The summed E-state index contributed by atoms with van der Waals surface area (Å²) in [5.74, 6) is 0. The third kappa shape index (κ3) is 2.52. The fourth-order valence-corrected chi connectivity index (χ4v) is 2.95. The minimum absolute atomic E-state index is 0.0973. The lowest BCUT2D eigenvalue weighted by Crippen LogP contribution is -2.45. The molecule has 0 fully saturated rings. The molecule has 0 atom stereocenters. The molecule has 1 aliphatic rings. The molecule has 0 aromatic heterocycles. The van der Waals surface area contributed by atoms with Gasteiger partial charge >= 0.3 is 0 Å². The van der Waals surface area contributed by atoms with Crippen LogP contribution >= 0.6 is 0 Å². The predicted octanol–water partition coefficient (Wildman–Crippen LogP) is 3.82. The van der Waals surface area contributed by atoms with Crippen LogP contribution in [-0.2, 0) is 0 Å². The summed E-state index contributed by atoms with van der Waals surface area (Å²) in [5.41, 5.74) is 6.17. The van der Waals surface area contributed by atoms with Crippen molar-refractivity contribution in [3.63, 3.8) is 0 Å². The minimum atomic E-state index is 0.0973. The van der Waals surface area contributed by atoms with E-state index in [1.165, 1.54) is 22.3 Å². The standard InChI is InChI=1S/C14H25N/c1-9(2)15-14(6,7)13-11(4)8-10(3)12(13)5/h9,15H,8H2,1-7H3. The van der Waals surface area contributed by atoms with E-state index in [1.807, 2.05) is 0 Å². The lowest BCUT2D eigenvalue weighted by molar-refractivity contribution is 0.409. The Labute approximate surface area is 94.6 Å². The summed E-state index contributed by atoms with van der Waals surface area (Å²) in [7, 11) is 0. The van der Waals surface area contributed by atoms with E-state index >= 15 is 0 Å².